The number of H-pyrrole nitrogens is 1. The van der Waals surface area contributed by atoms with Crippen molar-refractivity contribution in [2.24, 2.45) is 0 Å². The van der Waals surface area contributed by atoms with Crippen molar-refractivity contribution in [2.45, 2.75) is 11.0 Å². The minimum atomic E-state index is -4.74. The van der Waals surface area contributed by atoms with Crippen molar-refractivity contribution in [3.8, 4) is 5.69 Å². The number of benzene rings is 1. The Balaban J connectivity index is 2.43. The van der Waals surface area contributed by atoms with Crippen LogP contribution in [-0.4, -0.2) is 14.8 Å². The monoisotopic (exact) mass is 500 g/mol. The van der Waals surface area contributed by atoms with Crippen LogP contribution in [0.2, 0.25) is 10.0 Å². The van der Waals surface area contributed by atoms with Crippen LogP contribution in [-0.2, 0) is 11.0 Å². The number of fused-ring (bicyclic) bond motifs is 1. The number of halogens is 8. The molecule has 3 aromatic rings. The summed E-state index contributed by atoms with van der Waals surface area (Å²) in [5.41, 5.74) is -3.64. The van der Waals surface area contributed by atoms with Crippen molar-refractivity contribution in [1.82, 2.24) is 14.8 Å². The molecule has 0 aliphatic carbocycles. The van der Waals surface area contributed by atoms with E-state index in [4.69, 9.17) is 29.8 Å². The quantitative estimate of drug-likeness (QED) is 0.264. The summed E-state index contributed by atoms with van der Waals surface area (Å²) in [6.45, 7) is 7.16. The van der Waals surface area contributed by atoms with Gasteiger partial charge in [-0.25, -0.2) is 0 Å². The normalized spacial score (nSPS) is 12.4. The fourth-order valence-electron chi connectivity index (χ4n) is 2.52. The molecule has 0 radical (unpaired) electrons. The third-order valence-corrected chi connectivity index (χ3v) is 4.62. The van der Waals surface area contributed by atoms with E-state index in [1.165, 1.54) is 0 Å². The summed E-state index contributed by atoms with van der Waals surface area (Å²) in [5.74, 6) is -0.535. The van der Waals surface area contributed by atoms with Crippen LogP contribution in [0.1, 0.15) is 11.1 Å². The van der Waals surface area contributed by atoms with E-state index in [0.29, 0.717) is 18.2 Å². The second kappa shape index (κ2) is 6.72. The van der Waals surface area contributed by atoms with Crippen LogP contribution in [0.5, 0.6) is 0 Å². The highest BCUT2D eigenvalue weighted by molar-refractivity contribution is 9.09. The average molecular weight is 502 g/mol. The fourth-order valence-corrected chi connectivity index (χ4v) is 3.48. The number of nitrogens with one attached hydrogen (secondary N) is 1. The van der Waals surface area contributed by atoms with E-state index in [2.05, 4.69) is 30.9 Å². The lowest BCUT2D eigenvalue weighted by Crippen LogP contribution is -2.14. The second-order valence-corrected chi connectivity index (χ2v) is 7.21. The van der Waals surface area contributed by atoms with Crippen LogP contribution in [0.25, 0.3) is 21.6 Å². The van der Waals surface area contributed by atoms with Gasteiger partial charge in [0.2, 0.25) is 5.56 Å². The van der Waals surface area contributed by atoms with Crippen LogP contribution in [0, 0.1) is 6.57 Å². The smallest absolute Gasteiger partial charge is 0.358 e. The molecule has 0 saturated carbocycles. The lowest BCUT2D eigenvalue weighted by molar-refractivity contribution is -0.137. The van der Waals surface area contributed by atoms with Gasteiger partial charge in [0, 0.05) is 11.6 Å². The molecule has 0 atom stereocenters. The maximum absolute atomic E-state index is 13.9. The van der Waals surface area contributed by atoms with E-state index in [0.717, 1.165) is 4.68 Å². The zero-order valence-electron chi connectivity index (χ0n) is 13.0. The molecule has 13 heteroatoms. The Hall–Kier alpha value is -2.16. The Labute approximate surface area is 170 Å². The van der Waals surface area contributed by atoms with Crippen LogP contribution < -0.4 is 5.56 Å². The minimum Gasteiger partial charge on any atom is -0.358 e. The molecule has 0 bridgehead atoms. The van der Waals surface area contributed by atoms with E-state index >= 15 is 0 Å². The largest absolute Gasteiger partial charge is 0.416 e. The molecule has 3 rings (SSSR count). The summed E-state index contributed by atoms with van der Waals surface area (Å²) < 4.78 is 67.3. The van der Waals surface area contributed by atoms with Gasteiger partial charge in [0.05, 0.1) is 21.0 Å². The molecule has 1 N–H and O–H groups in total. The predicted molar refractivity (Wildman–Crippen MR) is 95.8 cm³/mol. The zero-order chi connectivity index (χ0) is 21.0. The molecule has 0 aliphatic heterocycles. The van der Waals surface area contributed by atoms with Gasteiger partial charge in [-0.1, -0.05) is 29.8 Å². The third-order valence-electron chi connectivity index (χ3n) is 3.62. The zero-order valence-corrected chi connectivity index (χ0v) is 16.1. The first kappa shape index (κ1) is 20.6. The Morgan fingerprint density at radius 3 is 2.18 bits per heavy atom. The Morgan fingerprint density at radius 2 is 1.71 bits per heavy atom. The van der Waals surface area contributed by atoms with Crippen molar-refractivity contribution in [3.05, 3.63) is 61.1 Å². The molecule has 0 aliphatic rings. The highest BCUT2D eigenvalue weighted by Crippen LogP contribution is 2.43. The lowest BCUT2D eigenvalue weighted by Gasteiger charge is -2.12. The first-order valence-electron chi connectivity index (χ1n) is 7.02. The highest BCUT2D eigenvalue weighted by atomic mass is 79.9. The third kappa shape index (κ3) is 3.47. The van der Waals surface area contributed by atoms with E-state index in [1.54, 1.807) is 0 Å². The van der Waals surface area contributed by atoms with Gasteiger partial charge in [-0.15, -0.1) is 4.68 Å². The maximum Gasteiger partial charge on any atom is 0.416 e. The Morgan fingerprint density at radius 1 is 1.14 bits per heavy atom. The van der Waals surface area contributed by atoms with Crippen molar-refractivity contribution < 1.29 is 22.0 Å². The molecule has 0 unspecified atom stereocenters. The number of rotatable bonds is 2. The van der Waals surface area contributed by atoms with E-state index in [9.17, 15) is 26.7 Å². The van der Waals surface area contributed by atoms with Gasteiger partial charge in [0.25, 0.3) is 0 Å². The highest BCUT2D eigenvalue weighted by Gasteiger charge is 2.35. The summed E-state index contributed by atoms with van der Waals surface area (Å²) in [6, 6.07) is 1.71. The van der Waals surface area contributed by atoms with Crippen molar-refractivity contribution in [3.63, 3.8) is 0 Å². The van der Waals surface area contributed by atoms with Crippen LogP contribution in [0.3, 0.4) is 0 Å². The summed E-state index contributed by atoms with van der Waals surface area (Å²) in [7, 11) is 0. The Kier molecular flexibility index (Phi) is 4.94. The van der Waals surface area contributed by atoms with Crippen LogP contribution in [0.15, 0.2) is 23.0 Å². The standard InChI is InChI=1S/C15H4BrCl2F5N4O/c1-24-12-10-6(14(16,19)20)4-9(28)25-13(10)27(26-12)11-7(17)2-5(3-8(11)18)15(21,22)23/h2-4H,(H,25,28). The molecule has 28 heavy (non-hydrogen) atoms. The number of pyridine rings is 1. The number of nitrogens with zero attached hydrogens (tertiary/aromatic N) is 3. The molecule has 0 spiro atoms. The molecule has 0 saturated heterocycles. The summed E-state index contributed by atoms with van der Waals surface area (Å²) in [5, 5.41) is 2.35. The van der Waals surface area contributed by atoms with Crippen LogP contribution >= 0.6 is 39.1 Å². The molecule has 2 heterocycles. The number of aromatic amines is 1. The topological polar surface area (TPSA) is 55.0 Å². The van der Waals surface area contributed by atoms with E-state index in [1.807, 2.05) is 0 Å². The van der Waals surface area contributed by atoms with Gasteiger partial charge >= 0.3 is 16.8 Å². The van der Waals surface area contributed by atoms with Crippen molar-refractivity contribution in [2.75, 3.05) is 0 Å². The molecule has 146 valence electrons. The van der Waals surface area contributed by atoms with Gasteiger partial charge in [-0.3, -0.25) is 4.79 Å². The Bertz CT molecular complexity index is 1180. The van der Waals surface area contributed by atoms with E-state index < -0.39 is 48.9 Å². The fraction of sp³-hybridized carbons (Fsp3) is 0.133. The summed E-state index contributed by atoms with van der Waals surface area (Å²) in [6.07, 6.45) is -4.74. The van der Waals surface area contributed by atoms with Crippen LogP contribution in [0.4, 0.5) is 27.8 Å². The number of aromatic nitrogens is 3. The van der Waals surface area contributed by atoms with E-state index in [-0.39, 0.29) is 11.3 Å². The summed E-state index contributed by atoms with van der Waals surface area (Å²) in [4.78, 5) is 13.4. The molecular formula is C15H4BrCl2F5N4O. The first-order chi connectivity index (χ1) is 12.8. The molecule has 1 aromatic carbocycles. The summed E-state index contributed by atoms with van der Waals surface area (Å²) >= 11 is 14.0. The molecule has 2 aromatic heterocycles. The van der Waals surface area contributed by atoms with Crippen molar-refractivity contribution >= 4 is 56.0 Å². The van der Waals surface area contributed by atoms with Gasteiger partial charge in [0.15, 0.2) is 5.65 Å². The number of alkyl halides is 6. The minimum absolute atomic E-state index is 0.318. The number of hydrogen-bond acceptors (Lipinski definition) is 2. The number of hydrogen-bond donors (Lipinski definition) is 1. The first-order valence-corrected chi connectivity index (χ1v) is 8.56. The lowest BCUT2D eigenvalue weighted by atomic mass is 10.1. The van der Waals surface area contributed by atoms with Gasteiger partial charge < -0.3 is 9.83 Å². The molecule has 0 amide bonds. The SMILES string of the molecule is [C-]#[N+]c1nn(-c2c(Cl)cc(C(F)(F)F)cc2Cl)c2[nH]c(=O)cc(C(F)(F)Br)c12. The van der Waals surface area contributed by atoms with Gasteiger partial charge in [0.1, 0.15) is 5.69 Å². The molecular weight excluding hydrogens is 498 g/mol. The molecule has 5 nitrogen and oxygen atoms in total. The van der Waals surface area contributed by atoms with Crippen molar-refractivity contribution in [1.29, 1.82) is 0 Å². The van der Waals surface area contributed by atoms with Gasteiger partial charge in [-0.05, 0) is 33.2 Å². The molecule has 0 fully saturated rings. The maximum atomic E-state index is 13.9. The average Bonchev–Trinajstić information content (AvgIpc) is 2.90. The van der Waals surface area contributed by atoms with Gasteiger partial charge in [-0.2, -0.15) is 22.0 Å². The second-order valence-electron chi connectivity index (χ2n) is 5.40. The predicted octanol–water partition coefficient (Wildman–Crippen LogP) is 6.03.